The largest absolute Gasteiger partial charge is 0.258 e. The van der Waals surface area contributed by atoms with Crippen LogP contribution in [0, 0.1) is 0 Å². The summed E-state index contributed by atoms with van der Waals surface area (Å²) in [7, 11) is 0. The minimum atomic E-state index is 0. The SMILES string of the molecule is CCc1cccc(C(C)C)n1.Cl. The van der Waals surface area contributed by atoms with Crippen LogP contribution in [0.25, 0.3) is 0 Å². The second kappa shape index (κ2) is 5.15. The predicted octanol–water partition coefficient (Wildman–Crippen LogP) is 3.19. The van der Waals surface area contributed by atoms with Crippen LogP contribution in [0.2, 0.25) is 0 Å². The summed E-state index contributed by atoms with van der Waals surface area (Å²) in [5.74, 6) is 0.543. The van der Waals surface area contributed by atoms with Crippen LogP contribution in [0.1, 0.15) is 38.1 Å². The third-order valence-electron chi connectivity index (χ3n) is 1.78. The fraction of sp³-hybridized carbons (Fsp3) is 0.500. The van der Waals surface area contributed by atoms with Crippen molar-refractivity contribution in [1.29, 1.82) is 0 Å². The van der Waals surface area contributed by atoms with Crippen LogP contribution in [0.15, 0.2) is 18.2 Å². The van der Waals surface area contributed by atoms with Gasteiger partial charge in [0.05, 0.1) is 0 Å². The van der Waals surface area contributed by atoms with E-state index < -0.39 is 0 Å². The first-order chi connectivity index (χ1) is 5.24. The molecular formula is C10H16ClN. The molecule has 0 aliphatic heterocycles. The first-order valence-electron chi connectivity index (χ1n) is 4.20. The van der Waals surface area contributed by atoms with E-state index in [0.29, 0.717) is 5.92 Å². The maximum Gasteiger partial charge on any atom is 0.0432 e. The van der Waals surface area contributed by atoms with Crippen molar-refractivity contribution in [3.8, 4) is 0 Å². The Hall–Kier alpha value is -0.560. The molecule has 0 aliphatic rings. The molecule has 1 rings (SSSR count). The van der Waals surface area contributed by atoms with Gasteiger partial charge in [0.25, 0.3) is 0 Å². The Balaban J connectivity index is 0.00000121. The molecule has 0 unspecified atom stereocenters. The molecule has 0 aromatic carbocycles. The third kappa shape index (κ3) is 2.82. The number of aryl methyl sites for hydroxylation is 1. The van der Waals surface area contributed by atoms with E-state index in [9.17, 15) is 0 Å². The van der Waals surface area contributed by atoms with Gasteiger partial charge in [0.15, 0.2) is 0 Å². The van der Waals surface area contributed by atoms with E-state index in [-0.39, 0.29) is 12.4 Å². The average molecular weight is 186 g/mol. The van der Waals surface area contributed by atoms with Crippen molar-refractivity contribution < 1.29 is 0 Å². The number of aromatic nitrogens is 1. The molecule has 0 aliphatic carbocycles. The topological polar surface area (TPSA) is 12.9 Å². The molecular weight excluding hydrogens is 170 g/mol. The van der Waals surface area contributed by atoms with Crippen molar-refractivity contribution in [2.75, 3.05) is 0 Å². The molecule has 0 fully saturated rings. The highest BCUT2D eigenvalue weighted by atomic mass is 35.5. The average Bonchev–Trinajstić information content (AvgIpc) is 2.05. The van der Waals surface area contributed by atoms with Gasteiger partial charge >= 0.3 is 0 Å². The molecule has 0 saturated heterocycles. The Morgan fingerprint density at radius 1 is 1.33 bits per heavy atom. The fourth-order valence-electron chi connectivity index (χ4n) is 1.02. The van der Waals surface area contributed by atoms with Gasteiger partial charge in [0.2, 0.25) is 0 Å². The number of hydrogen-bond acceptors (Lipinski definition) is 1. The minimum Gasteiger partial charge on any atom is -0.258 e. The quantitative estimate of drug-likeness (QED) is 0.690. The van der Waals surface area contributed by atoms with Gasteiger partial charge in [-0.2, -0.15) is 0 Å². The lowest BCUT2D eigenvalue weighted by Crippen LogP contribution is -1.95. The lowest BCUT2D eigenvalue weighted by Gasteiger charge is -2.04. The highest BCUT2D eigenvalue weighted by Crippen LogP contribution is 2.11. The highest BCUT2D eigenvalue weighted by Gasteiger charge is 1.99. The van der Waals surface area contributed by atoms with Gasteiger partial charge in [-0.25, -0.2) is 0 Å². The van der Waals surface area contributed by atoms with Crippen LogP contribution in [-0.4, -0.2) is 4.98 Å². The smallest absolute Gasteiger partial charge is 0.0432 e. The lowest BCUT2D eigenvalue weighted by molar-refractivity contribution is 0.807. The van der Waals surface area contributed by atoms with Gasteiger partial charge < -0.3 is 0 Å². The van der Waals surface area contributed by atoms with Gasteiger partial charge in [0, 0.05) is 11.4 Å². The molecule has 2 heteroatoms. The van der Waals surface area contributed by atoms with Crippen LogP contribution in [0.3, 0.4) is 0 Å². The second-order valence-corrected chi connectivity index (χ2v) is 3.06. The first kappa shape index (κ1) is 11.4. The molecule has 0 radical (unpaired) electrons. The van der Waals surface area contributed by atoms with Crippen molar-refractivity contribution >= 4 is 12.4 Å². The van der Waals surface area contributed by atoms with Gasteiger partial charge in [-0.05, 0) is 24.5 Å². The Labute approximate surface area is 80.6 Å². The van der Waals surface area contributed by atoms with E-state index in [0.717, 1.165) is 6.42 Å². The second-order valence-electron chi connectivity index (χ2n) is 3.06. The molecule has 0 N–H and O–H groups in total. The van der Waals surface area contributed by atoms with Crippen molar-refractivity contribution in [3.05, 3.63) is 29.6 Å². The monoisotopic (exact) mass is 185 g/mol. The molecule has 0 bridgehead atoms. The lowest BCUT2D eigenvalue weighted by atomic mass is 10.1. The van der Waals surface area contributed by atoms with Crippen LogP contribution in [0.4, 0.5) is 0 Å². The van der Waals surface area contributed by atoms with E-state index in [1.54, 1.807) is 0 Å². The molecule has 1 aromatic rings. The summed E-state index contributed by atoms with van der Waals surface area (Å²) < 4.78 is 0. The molecule has 68 valence electrons. The zero-order valence-electron chi connectivity index (χ0n) is 7.87. The number of rotatable bonds is 2. The van der Waals surface area contributed by atoms with Crippen molar-refractivity contribution in [1.82, 2.24) is 4.98 Å². The van der Waals surface area contributed by atoms with Crippen LogP contribution in [-0.2, 0) is 6.42 Å². The zero-order chi connectivity index (χ0) is 8.27. The van der Waals surface area contributed by atoms with Crippen LogP contribution in [0.5, 0.6) is 0 Å². The van der Waals surface area contributed by atoms with E-state index in [1.807, 2.05) is 0 Å². The summed E-state index contributed by atoms with van der Waals surface area (Å²) >= 11 is 0. The summed E-state index contributed by atoms with van der Waals surface area (Å²) in [4.78, 5) is 4.49. The Kier molecular flexibility index (Phi) is 4.91. The van der Waals surface area contributed by atoms with Gasteiger partial charge in [0.1, 0.15) is 0 Å². The van der Waals surface area contributed by atoms with E-state index in [1.165, 1.54) is 11.4 Å². The molecule has 1 aromatic heterocycles. The van der Waals surface area contributed by atoms with Gasteiger partial charge in [-0.15, -0.1) is 12.4 Å². The fourth-order valence-corrected chi connectivity index (χ4v) is 1.02. The summed E-state index contributed by atoms with van der Waals surface area (Å²) in [6.45, 7) is 6.47. The van der Waals surface area contributed by atoms with Crippen molar-refractivity contribution in [3.63, 3.8) is 0 Å². The number of halogens is 1. The van der Waals surface area contributed by atoms with E-state index in [2.05, 4.69) is 44.0 Å². The number of hydrogen-bond donors (Lipinski definition) is 0. The van der Waals surface area contributed by atoms with E-state index >= 15 is 0 Å². The molecule has 0 spiro atoms. The molecule has 0 atom stereocenters. The summed E-state index contributed by atoms with van der Waals surface area (Å²) in [6.07, 6.45) is 1.03. The molecule has 12 heavy (non-hydrogen) atoms. The molecule has 1 nitrogen and oxygen atoms in total. The molecule has 0 saturated carbocycles. The standard InChI is InChI=1S/C10H15N.ClH/c1-4-9-6-5-7-10(11-9)8(2)3;/h5-8H,4H2,1-3H3;1H. The summed E-state index contributed by atoms with van der Waals surface area (Å²) in [5, 5.41) is 0. The normalized spacial score (nSPS) is 9.67. The zero-order valence-corrected chi connectivity index (χ0v) is 8.69. The van der Waals surface area contributed by atoms with Gasteiger partial charge in [-0.3, -0.25) is 4.98 Å². The maximum absolute atomic E-state index is 4.49. The Morgan fingerprint density at radius 3 is 2.50 bits per heavy atom. The van der Waals surface area contributed by atoms with Crippen LogP contribution >= 0.6 is 12.4 Å². The van der Waals surface area contributed by atoms with Crippen molar-refractivity contribution in [2.24, 2.45) is 0 Å². The number of pyridine rings is 1. The van der Waals surface area contributed by atoms with Crippen LogP contribution < -0.4 is 0 Å². The molecule has 1 heterocycles. The maximum atomic E-state index is 4.49. The highest BCUT2D eigenvalue weighted by molar-refractivity contribution is 5.85. The predicted molar refractivity (Wildman–Crippen MR) is 55.0 cm³/mol. The Morgan fingerprint density at radius 2 is 2.00 bits per heavy atom. The van der Waals surface area contributed by atoms with Crippen molar-refractivity contribution in [2.45, 2.75) is 33.1 Å². The first-order valence-corrected chi connectivity index (χ1v) is 4.20. The van der Waals surface area contributed by atoms with E-state index in [4.69, 9.17) is 0 Å². The number of nitrogens with zero attached hydrogens (tertiary/aromatic N) is 1. The Bertz CT molecular complexity index is 233. The van der Waals surface area contributed by atoms with Gasteiger partial charge in [-0.1, -0.05) is 26.8 Å². The third-order valence-corrected chi connectivity index (χ3v) is 1.78. The summed E-state index contributed by atoms with van der Waals surface area (Å²) in [5.41, 5.74) is 2.39. The molecule has 0 amide bonds. The summed E-state index contributed by atoms with van der Waals surface area (Å²) in [6, 6.07) is 6.25. The minimum absolute atomic E-state index is 0.